The molecular formula is C13H27NO2S2. The first kappa shape index (κ1) is 16.3. The summed E-state index contributed by atoms with van der Waals surface area (Å²) in [6.07, 6.45) is 4.11. The van der Waals surface area contributed by atoms with Gasteiger partial charge in [-0.1, -0.05) is 13.8 Å². The van der Waals surface area contributed by atoms with Gasteiger partial charge in [0.1, 0.15) is 0 Å². The minimum atomic E-state index is -2.74. The molecule has 0 amide bonds. The van der Waals surface area contributed by atoms with Crippen molar-refractivity contribution >= 4 is 21.6 Å². The van der Waals surface area contributed by atoms with Gasteiger partial charge in [-0.2, -0.15) is 11.8 Å². The fourth-order valence-corrected chi connectivity index (χ4v) is 4.98. The Balaban J connectivity index is 2.45. The highest BCUT2D eigenvalue weighted by atomic mass is 32.2. The second-order valence-corrected chi connectivity index (χ2v) is 8.97. The fourth-order valence-electron chi connectivity index (χ4n) is 2.53. The number of hydrogen-bond acceptors (Lipinski definition) is 4. The summed E-state index contributed by atoms with van der Waals surface area (Å²) in [6, 6.07) is 0. The lowest BCUT2D eigenvalue weighted by molar-refractivity contribution is 0.332. The lowest BCUT2D eigenvalue weighted by Gasteiger charge is -2.23. The van der Waals surface area contributed by atoms with Crippen molar-refractivity contribution in [1.29, 1.82) is 0 Å². The van der Waals surface area contributed by atoms with Crippen molar-refractivity contribution in [3.05, 3.63) is 0 Å². The average Bonchev–Trinajstić information content (AvgIpc) is 2.63. The Morgan fingerprint density at radius 1 is 1.33 bits per heavy atom. The summed E-state index contributed by atoms with van der Waals surface area (Å²) in [5.41, 5.74) is 0. The molecule has 0 aromatic heterocycles. The molecule has 1 fully saturated rings. The Labute approximate surface area is 116 Å². The molecule has 0 aliphatic carbocycles. The van der Waals surface area contributed by atoms with Crippen LogP contribution in [0.25, 0.3) is 0 Å². The number of hydrogen-bond donors (Lipinski definition) is 1. The van der Waals surface area contributed by atoms with Crippen LogP contribution in [0.3, 0.4) is 0 Å². The standard InChI is InChI=1S/C13H27NO2S2/c1-11(2)8-14-9-12(4-6-17-3)13-5-7-18(15,16)10-13/h11-14H,4-10H2,1-3H3. The van der Waals surface area contributed by atoms with Crippen LogP contribution in [0.4, 0.5) is 0 Å². The molecule has 3 nitrogen and oxygen atoms in total. The van der Waals surface area contributed by atoms with Crippen LogP contribution in [-0.4, -0.2) is 45.0 Å². The quantitative estimate of drug-likeness (QED) is 0.744. The van der Waals surface area contributed by atoms with E-state index < -0.39 is 9.84 Å². The third-order valence-corrected chi connectivity index (χ3v) is 6.02. The van der Waals surface area contributed by atoms with Gasteiger partial charge in [0.25, 0.3) is 0 Å². The number of nitrogens with one attached hydrogen (secondary N) is 1. The van der Waals surface area contributed by atoms with Gasteiger partial charge in [-0.3, -0.25) is 0 Å². The summed E-state index contributed by atoms with van der Waals surface area (Å²) in [7, 11) is -2.74. The highest BCUT2D eigenvalue weighted by Crippen LogP contribution is 2.28. The second-order valence-electron chi connectivity index (χ2n) is 5.76. The van der Waals surface area contributed by atoms with E-state index in [4.69, 9.17) is 0 Å². The number of sulfone groups is 1. The van der Waals surface area contributed by atoms with E-state index in [1.807, 2.05) is 11.8 Å². The monoisotopic (exact) mass is 293 g/mol. The summed E-state index contributed by atoms with van der Waals surface area (Å²) in [5.74, 6) is 3.49. The van der Waals surface area contributed by atoms with Gasteiger partial charge >= 0.3 is 0 Å². The highest BCUT2D eigenvalue weighted by Gasteiger charge is 2.33. The molecule has 5 heteroatoms. The van der Waals surface area contributed by atoms with Crippen molar-refractivity contribution in [3.63, 3.8) is 0 Å². The molecule has 2 unspecified atom stereocenters. The maximum atomic E-state index is 11.6. The van der Waals surface area contributed by atoms with E-state index in [9.17, 15) is 8.42 Å². The van der Waals surface area contributed by atoms with E-state index in [-0.39, 0.29) is 0 Å². The van der Waals surface area contributed by atoms with E-state index in [1.165, 1.54) is 0 Å². The molecule has 0 saturated carbocycles. The van der Waals surface area contributed by atoms with Gasteiger partial charge in [0.15, 0.2) is 9.84 Å². The zero-order chi connectivity index (χ0) is 13.6. The Kier molecular flexibility index (Phi) is 7.03. The van der Waals surface area contributed by atoms with Crippen LogP contribution in [0.5, 0.6) is 0 Å². The minimum Gasteiger partial charge on any atom is -0.316 e. The van der Waals surface area contributed by atoms with Crippen LogP contribution in [0, 0.1) is 17.8 Å². The molecule has 1 aliphatic rings. The first-order valence-corrected chi connectivity index (χ1v) is 10.1. The summed E-state index contributed by atoms with van der Waals surface area (Å²) in [4.78, 5) is 0. The van der Waals surface area contributed by atoms with Gasteiger partial charge in [-0.25, -0.2) is 8.42 Å². The summed E-state index contributed by atoms with van der Waals surface area (Å²) in [6.45, 7) is 6.39. The normalized spacial score (nSPS) is 24.6. The van der Waals surface area contributed by atoms with Gasteiger partial charge in [0.2, 0.25) is 0 Å². The zero-order valence-electron chi connectivity index (χ0n) is 11.8. The average molecular weight is 293 g/mol. The van der Waals surface area contributed by atoms with Crippen LogP contribution >= 0.6 is 11.8 Å². The van der Waals surface area contributed by atoms with Gasteiger partial charge < -0.3 is 5.32 Å². The van der Waals surface area contributed by atoms with Crippen molar-refractivity contribution in [1.82, 2.24) is 5.32 Å². The summed E-state index contributed by atoms with van der Waals surface area (Å²) in [5, 5.41) is 3.49. The van der Waals surface area contributed by atoms with Crippen molar-refractivity contribution in [2.45, 2.75) is 26.7 Å². The molecule has 18 heavy (non-hydrogen) atoms. The zero-order valence-corrected chi connectivity index (χ0v) is 13.4. The Bertz CT molecular complexity index is 328. The molecule has 0 radical (unpaired) electrons. The van der Waals surface area contributed by atoms with Crippen LogP contribution in [0.1, 0.15) is 26.7 Å². The smallest absolute Gasteiger partial charge is 0.150 e. The van der Waals surface area contributed by atoms with Crippen LogP contribution in [-0.2, 0) is 9.84 Å². The second kappa shape index (κ2) is 7.75. The predicted molar refractivity (Wildman–Crippen MR) is 81.0 cm³/mol. The van der Waals surface area contributed by atoms with E-state index in [2.05, 4.69) is 25.4 Å². The predicted octanol–water partition coefficient (Wildman–Crippen LogP) is 2.04. The third-order valence-electron chi connectivity index (χ3n) is 3.59. The molecule has 1 N–H and O–H groups in total. The molecule has 1 rings (SSSR count). The molecule has 0 spiro atoms. The number of rotatable bonds is 8. The largest absolute Gasteiger partial charge is 0.316 e. The molecule has 108 valence electrons. The lowest BCUT2D eigenvalue weighted by Crippen LogP contribution is -2.31. The molecule has 0 aromatic carbocycles. The molecular weight excluding hydrogens is 266 g/mol. The van der Waals surface area contributed by atoms with Crippen LogP contribution in [0.2, 0.25) is 0 Å². The van der Waals surface area contributed by atoms with E-state index >= 15 is 0 Å². The maximum Gasteiger partial charge on any atom is 0.150 e. The van der Waals surface area contributed by atoms with E-state index in [1.54, 1.807) is 0 Å². The fraction of sp³-hybridized carbons (Fsp3) is 1.00. The highest BCUT2D eigenvalue weighted by molar-refractivity contribution is 7.98. The van der Waals surface area contributed by atoms with Crippen molar-refractivity contribution < 1.29 is 8.42 Å². The Morgan fingerprint density at radius 2 is 2.06 bits per heavy atom. The molecule has 0 aromatic rings. The summed E-state index contributed by atoms with van der Waals surface area (Å²) >= 11 is 1.85. The molecule has 1 saturated heterocycles. The van der Waals surface area contributed by atoms with Crippen LogP contribution in [0.15, 0.2) is 0 Å². The Morgan fingerprint density at radius 3 is 2.56 bits per heavy atom. The SMILES string of the molecule is CSCCC(CNCC(C)C)C1CCS(=O)(=O)C1. The topological polar surface area (TPSA) is 46.2 Å². The Hall–Kier alpha value is 0.260. The van der Waals surface area contributed by atoms with Gasteiger partial charge in [-0.15, -0.1) is 0 Å². The van der Waals surface area contributed by atoms with Crippen molar-refractivity contribution in [2.75, 3.05) is 36.6 Å². The van der Waals surface area contributed by atoms with E-state index in [0.717, 1.165) is 31.7 Å². The minimum absolute atomic E-state index is 0.377. The summed E-state index contributed by atoms with van der Waals surface area (Å²) < 4.78 is 23.2. The first-order chi connectivity index (χ1) is 8.44. The molecule has 1 aliphatic heterocycles. The molecule has 2 atom stereocenters. The van der Waals surface area contributed by atoms with Crippen LogP contribution < -0.4 is 5.32 Å². The number of thioether (sulfide) groups is 1. The van der Waals surface area contributed by atoms with E-state index in [0.29, 0.717) is 29.3 Å². The van der Waals surface area contributed by atoms with Gasteiger partial charge in [-0.05, 0) is 55.7 Å². The van der Waals surface area contributed by atoms with Crippen molar-refractivity contribution in [2.24, 2.45) is 17.8 Å². The van der Waals surface area contributed by atoms with Crippen molar-refractivity contribution in [3.8, 4) is 0 Å². The molecule has 0 bridgehead atoms. The molecule has 1 heterocycles. The first-order valence-electron chi connectivity index (χ1n) is 6.84. The lowest BCUT2D eigenvalue weighted by atomic mass is 9.89. The third kappa shape index (κ3) is 5.93. The maximum absolute atomic E-state index is 11.6. The van der Waals surface area contributed by atoms with Gasteiger partial charge in [0.05, 0.1) is 11.5 Å². The van der Waals surface area contributed by atoms with Gasteiger partial charge in [0, 0.05) is 0 Å².